The first kappa shape index (κ1) is 16.6. The summed E-state index contributed by atoms with van der Waals surface area (Å²) in [5.74, 6) is 1.10. The van der Waals surface area contributed by atoms with Gasteiger partial charge in [-0.15, -0.1) is 0 Å². The molecule has 0 unspecified atom stereocenters. The van der Waals surface area contributed by atoms with E-state index in [9.17, 15) is 4.79 Å². The maximum absolute atomic E-state index is 12.8. The third-order valence-corrected chi connectivity index (χ3v) is 4.02. The number of carbonyl (C=O) groups excluding carboxylic acids is 1. The number of ether oxygens (including phenoxy) is 1. The van der Waals surface area contributed by atoms with Crippen LogP contribution in [0.25, 0.3) is 11.3 Å². The van der Waals surface area contributed by atoms with E-state index in [-0.39, 0.29) is 5.91 Å². The van der Waals surface area contributed by atoms with Crippen molar-refractivity contribution in [2.45, 2.75) is 6.92 Å². The van der Waals surface area contributed by atoms with Gasteiger partial charge in [-0.1, -0.05) is 12.1 Å². The summed E-state index contributed by atoms with van der Waals surface area (Å²) in [5, 5.41) is 11.5. The Labute approximate surface area is 154 Å². The van der Waals surface area contributed by atoms with Crippen molar-refractivity contribution in [1.82, 2.24) is 24.4 Å². The zero-order valence-electron chi connectivity index (χ0n) is 14.7. The zero-order chi connectivity index (χ0) is 19.0. The van der Waals surface area contributed by atoms with Crippen molar-refractivity contribution in [1.29, 1.82) is 0 Å². The van der Waals surface area contributed by atoms with E-state index in [1.54, 1.807) is 30.1 Å². The van der Waals surface area contributed by atoms with E-state index in [4.69, 9.17) is 10.5 Å². The summed E-state index contributed by atoms with van der Waals surface area (Å²) in [6, 6.07) is 10.8. The Hall–Kier alpha value is -3.88. The first-order valence-electron chi connectivity index (χ1n) is 8.18. The molecule has 0 saturated heterocycles. The van der Waals surface area contributed by atoms with Gasteiger partial charge in [-0.3, -0.25) is 4.79 Å². The van der Waals surface area contributed by atoms with Crippen molar-refractivity contribution in [3.05, 3.63) is 60.0 Å². The van der Waals surface area contributed by atoms with Crippen LogP contribution >= 0.6 is 0 Å². The molecule has 0 spiro atoms. The Morgan fingerprint density at radius 3 is 2.89 bits per heavy atom. The summed E-state index contributed by atoms with van der Waals surface area (Å²) < 4.78 is 8.52. The highest BCUT2D eigenvalue weighted by molar-refractivity contribution is 6.08. The predicted molar refractivity (Wildman–Crippen MR) is 100 cm³/mol. The van der Waals surface area contributed by atoms with Gasteiger partial charge in [-0.25, -0.2) is 14.2 Å². The van der Waals surface area contributed by atoms with E-state index >= 15 is 0 Å². The van der Waals surface area contributed by atoms with Crippen molar-refractivity contribution in [2.75, 3.05) is 18.2 Å². The van der Waals surface area contributed by atoms with Gasteiger partial charge in [0.15, 0.2) is 5.65 Å². The van der Waals surface area contributed by atoms with Gasteiger partial charge in [-0.2, -0.15) is 10.2 Å². The second-order valence-corrected chi connectivity index (χ2v) is 5.89. The number of amides is 1. The lowest BCUT2D eigenvalue weighted by Crippen LogP contribution is -2.15. The molecule has 3 heterocycles. The molecule has 3 N–H and O–H groups in total. The number of aromatic nitrogens is 5. The summed E-state index contributed by atoms with van der Waals surface area (Å²) in [6.07, 6.45) is 3.10. The molecule has 1 aromatic carbocycles. The summed E-state index contributed by atoms with van der Waals surface area (Å²) in [5.41, 5.74) is 7.88. The maximum atomic E-state index is 12.8. The van der Waals surface area contributed by atoms with Gasteiger partial charge in [0.2, 0.25) is 0 Å². The van der Waals surface area contributed by atoms with E-state index in [1.165, 1.54) is 10.7 Å². The van der Waals surface area contributed by atoms with E-state index in [1.807, 2.05) is 31.2 Å². The van der Waals surface area contributed by atoms with Crippen LogP contribution in [-0.2, 0) is 0 Å². The van der Waals surface area contributed by atoms with Crippen LogP contribution in [0.4, 0.5) is 11.6 Å². The number of nitrogens with two attached hydrogens (primary N) is 1. The predicted octanol–water partition coefficient (Wildman–Crippen LogP) is 2.07. The lowest BCUT2D eigenvalue weighted by atomic mass is 10.3. The molecule has 9 nitrogen and oxygen atoms in total. The third kappa shape index (κ3) is 2.95. The highest BCUT2D eigenvalue weighted by atomic mass is 16.5. The Morgan fingerprint density at radius 2 is 2.07 bits per heavy atom. The minimum Gasteiger partial charge on any atom is -0.494 e. The smallest absolute Gasteiger partial charge is 0.262 e. The summed E-state index contributed by atoms with van der Waals surface area (Å²) in [4.78, 5) is 17.0. The molecule has 4 rings (SSSR count). The van der Waals surface area contributed by atoms with Crippen LogP contribution in [0.1, 0.15) is 16.1 Å². The summed E-state index contributed by atoms with van der Waals surface area (Å²) >= 11 is 0. The number of hydrogen-bond donors (Lipinski definition) is 2. The third-order valence-electron chi connectivity index (χ3n) is 4.02. The Bertz CT molecular complexity index is 1150. The average molecular weight is 363 g/mol. The quantitative estimate of drug-likeness (QED) is 0.574. The second kappa shape index (κ2) is 6.45. The number of benzene rings is 1. The fourth-order valence-electron chi connectivity index (χ4n) is 2.80. The van der Waals surface area contributed by atoms with Crippen LogP contribution in [0.5, 0.6) is 5.75 Å². The largest absolute Gasteiger partial charge is 0.494 e. The van der Waals surface area contributed by atoms with Gasteiger partial charge >= 0.3 is 0 Å². The molecular formula is C18H17N7O2. The SMILES string of the molecule is COc1ccccc1-n1nc(C)cc1NC(=O)c1cnn2ccc(N)nc12. The Kier molecular flexibility index (Phi) is 3.96. The van der Waals surface area contributed by atoms with E-state index in [2.05, 4.69) is 20.5 Å². The van der Waals surface area contributed by atoms with Crippen LogP contribution in [0.15, 0.2) is 48.8 Å². The molecule has 3 aromatic heterocycles. The molecule has 27 heavy (non-hydrogen) atoms. The van der Waals surface area contributed by atoms with Gasteiger partial charge in [0.25, 0.3) is 5.91 Å². The molecule has 0 atom stereocenters. The molecule has 0 aliphatic rings. The number of methoxy groups -OCH3 is 1. The number of nitrogens with one attached hydrogen (secondary N) is 1. The van der Waals surface area contributed by atoms with Gasteiger partial charge in [0, 0.05) is 12.3 Å². The highest BCUT2D eigenvalue weighted by Crippen LogP contribution is 2.26. The molecule has 1 amide bonds. The van der Waals surface area contributed by atoms with Crippen molar-refractivity contribution in [2.24, 2.45) is 0 Å². The fourth-order valence-corrected chi connectivity index (χ4v) is 2.80. The van der Waals surface area contributed by atoms with Crippen LogP contribution < -0.4 is 15.8 Å². The standard InChI is InChI=1S/C18H17N7O2/c1-11-9-16(25(23-11)13-5-3-4-6-14(13)27-2)22-18(26)12-10-20-24-8-7-15(19)21-17(12)24/h3-10H,1-2H3,(H2,19,21)(H,22,26). The first-order valence-corrected chi connectivity index (χ1v) is 8.18. The molecular weight excluding hydrogens is 346 g/mol. The Balaban J connectivity index is 1.73. The molecule has 4 aromatic rings. The number of nitrogen functional groups attached to an aromatic ring is 1. The maximum Gasteiger partial charge on any atom is 0.262 e. The minimum atomic E-state index is -0.362. The van der Waals surface area contributed by atoms with Gasteiger partial charge in [-0.05, 0) is 25.1 Å². The van der Waals surface area contributed by atoms with Gasteiger partial charge in [0.05, 0.1) is 19.0 Å². The lowest BCUT2D eigenvalue weighted by molar-refractivity contribution is 0.102. The number of para-hydroxylation sites is 2. The monoisotopic (exact) mass is 363 g/mol. The van der Waals surface area contributed by atoms with Crippen LogP contribution in [0.2, 0.25) is 0 Å². The van der Waals surface area contributed by atoms with Crippen LogP contribution in [-0.4, -0.2) is 37.4 Å². The highest BCUT2D eigenvalue weighted by Gasteiger charge is 2.18. The summed E-state index contributed by atoms with van der Waals surface area (Å²) in [6.45, 7) is 1.85. The second-order valence-electron chi connectivity index (χ2n) is 5.89. The topological polar surface area (TPSA) is 112 Å². The van der Waals surface area contributed by atoms with Crippen LogP contribution in [0, 0.1) is 6.92 Å². The van der Waals surface area contributed by atoms with Crippen molar-refractivity contribution >= 4 is 23.2 Å². The number of carbonyl (C=O) groups is 1. The Morgan fingerprint density at radius 1 is 1.26 bits per heavy atom. The number of rotatable bonds is 4. The van der Waals surface area contributed by atoms with E-state index < -0.39 is 0 Å². The van der Waals surface area contributed by atoms with Gasteiger partial charge < -0.3 is 15.8 Å². The number of nitrogens with zero attached hydrogens (tertiary/aromatic N) is 5. The average Bonchev–Trinajstić information content (AvgIpc) is 3.24. The normalized spacial score (nSPS) is 10.9. The van der Waals surface area contributed by atoms with Gasteiger partial charge in [0.1, 0.15) is 28.6 Å². The van der Waals surface area contributed by atoms with E-state index in [0.29, 0.717) is 34.3 Å². The zero-order valence-corrected chi connectivity index (χ0v) is 14.7. The molecule has 0 bridgehead atoms. The molecule has 9 heteroatoms. The fraction of sp³-hybridized carbons (Fsp3) is 0.111. The molecule has 0 aliphatic carbocycles. The molecule has 136 valence electrons. The number of aryl methyl sites for hydroxylation is 1. The van der Waals surface area contributed by atoms with Crippen LogP contribution in [0.3, 0.4) is 0 Å². The first-order chi connectivity index (χ1) is 13.1. The molecule has 0 saturated carbocycles. The number of fused-ring (bicyclic) bond motifs is 1. The molecule has 0 radical (unpaired) electrons. The van der Waals surface area contributed by atoms with E-state index in [0.717, 1.165) is 5.69 Å². The van der Waals surface area contributed by atoms with Crippen molar-refractivity contribution in [3.8, 4) is 11.4 Å². The number of anilines is 2. The van der Waals surface area contributed by atoms with Crippen molar-refractivity contribution in [3.63, 3.8) is 0 Å². The lowest BCUT2D eigenvalue weighted by Gasteiger charge is -2.11. The minimum absolute atomic E-state index is 0.312. The molecule has 0 aliphatic heterocycles. The van der Waals surface area contributed by atoms with Crippen molar-refractivity contribution < 1.29 is 9.53 Å². The summed E-state index contributed by atoms with van der Waals surface area (Å²) in [7, 11) is 1.59. The molecule has 0 fully saturated rings. The number of hydrogen-bond acceptors (Lipinski definition) is 6.